The molecule has 4 rings (SSSR count). The fourth-order valence-corrected chi connectivity index (χ4v) is 3.85. The number of unbranched alkanes of at least 4 members (excludes halogenated alkanes) is 2. The Balaban J connectivity index is 0.000000277. The molecule has 0 aliphatic rings. The lowest BCUT2D eigenvalue weighted by molar-refractivity contribution is -0.137. The zero-order valence-electron chi connectivity index (χ0n) is 21.0. The highest BCUT2D eigenvalue weighted by Crippen LogP contribution is 2.24. The Bertz CT molecular complexity index is 1360. The lowest BCUT2D eigenvalue weighted by Crippen LogP contribution is -1.94. The van der Waals surface area contributed by atoms with Gasteiger partial charge < -0.3 is 5.11 Å². The average molecular weight is 503 g/mol. The largest absolute Gasteiger partial charge is 0.481 e. The van der Waals surface area contributed by atoms with Gasteiger partial charge >= 0.3 is 5.97 Å². The summed E-state index contributed by atoms with van der Waals surface area (Å²) in [4.78, 5) is 17.2. The van der Waals surface area contributed by atoms with Crippen molar-refractivity contribution in [2.24, 2.45) is 0 Å². The molecule has 0 heterocycles. The van der Waals surface area contributed by atoms with Gasteiger partial charge in [0, 0.05) is 6.42 Å². The van der Waals surface area contributed by atoms with Crippen molar-refractivity contribution in [2.45, 2.75) is 46.5 Å². The molecule has 0 amide bonds. The number of aryl methyl sites for hydroxylation is 2. The normalized spacial score (nSPS) is 9.66. The lowest BCUT2D eigenvalue weighted by Gasteiger charge is -2.05. The maximum atomic E-state index is 10.4. The Kier molecular flexibility index (Phi) is 12.0. The molecule has 192 valence electrons. The Morgan fingerprint density at radius 1 is 0.632 bits per heavy atom. The highest BCUT2D eigenvalue weighted by Gasteiger charge is 2.01. The molecule has 0 spiro atoms. The van der Waals surface area contributed by atoms with Gasteiger partial charge in [0.05, 0.1) is 13.1 Å². The predicted molar refractivity (Wildman–Crippen MR) is 158 cm³/mol. The second kappa shape index (κ2) is 15.4. The van der Waals surface area contributed by atoms with Gasteiger partial charge in [0.15, 0.2) is 11.4 Å². The van der Waals surface area contributed by atoms with Crippen LogP contribution in [0.2, 0.25) is 0 Å². The second-order valence-electron chi connectivity index (χ2n) is 8.83. The van der Waals surface area contributed by atoms with Crippen molar-refractivity contribution in [1.29, 1.82) is 0 Å². The molecule has 0 unspecified atom stereocenters. The average Bonchev–Trinajstić information content (AvgIpc) is 2.94. The summed E-state index contributed by atoms with van der Waals surface area (Å²) in [5.41, 5.74) is 8.48. The Morgan fingerprint density at radius 3 is 1.42 bits per heavy atom. The van der Waals surface area contributed by atoms with Gasteiger partial charge in [-0.25, -0.2) is 9.69 Å². The van der Waals surface area contributed by atoms with E-state index in [2.05, 4.69) is 65.1 Å². The minimum absolute atomic E-state index is 0. The number of nitrogens with zero attached hydrogens (tertiary/aromatic N) is 2. The van der Waals surface area contributed by atoms with E-state index in [-0.39, 0.29) is 13.8 Å². The van der Waals surface area contributed by atoms with Gasteiger partial charge in [0.1, 0.15) is 0 Å². The number of hydrogen-bond donors (Lipinski definition) is 1. The third-order valence-corrected chi connectivity index (χ3v) is 6.02. The molecule has 0 aromatic heterocycles. The minimum Gasteiger partial charge on any atom is -0.481 e. The van der Waals surface area contributed by atoms with E-state index in [0.29, 0.717) is 11.4 Å². The van der Waals surface area contributed by atoms with Gasteiger partial charge in [-0.3, -0.25) is 4.79 Å². The third-order valence-electron chi connectivity index (χ3n) is 6.02. The number of carbonyl (C=O) groups is 1. The van der Waals surface area contributed by atoms with Crippen LogP contribution in [0, 0.1) is 20.1 Å². The number of benzene rings is 4. The lowest BCUT2D eigenvalue weighted by atomic mass is 10.0. The molecule has 0 radical (unpaired) electrons. The zero-order valence-corrected chi connectivity index (χ0v) is 21.0. The van der Waals surface area contributed by atoms with Crippen molar-refractivity contribution in [3.05, 3.63) is 131 Å². The van der Waals surface area contributed by atoms with Crippen molar-refractivity contribution in [3.63, 3.8) is 0 Å². The van der Waals surface area contributed by atoms with E-state index >= 15 is 0 Å². The molecule has 4 heteroatoms. The first-order valence-corrected chi connectivity index (χ1v) is 12.3. The van der Waals surface area contributed by atoms with Crippen LogP contribution in [-0.2, 0) is 11.2 Å². The third kappa shape index (κ3) is 9.41. The summed E-state index contributed by atoms with van der Waals surface area (Å²) in [7, 11) is 0. The van der Waals surface area contributed by atoms with Crippen LogP contribution in [-0.4, -0.2) is 11.1 Å². The number of carboxylic acids is 1. The first kappa shape index (κ1) is 29.6. The summed E-state index contributed by atoms with van der Waals surface area (Å²) in [5, 5.41) is 8.59. The van der Waals surface area contributed by atoms with Crippen LogP contribution in [0.5, 0.6) is 0 Å². The molecular formula is C34H34N2O2. The number of aliphatic carboxylic acids is 1. The molecule has 0 atom stereocenters. The van der Waals surface area contributed by atoms with Crippen molar-refractivity contribution in [2.75, 3.05) is 0 Å². The van der Waals surface area contributed by atoms with E-state index in [1.54, 1.807) is 0 Å². The molecule has 4 aromatic rings. The topological polar surface area (TPSA) is 46.0 Å². The fourth-order valence-electron chi connectivity index (χ4n) is 3.85. The molecule has 0 saturated heterocycles. The maximum Gasteiger partial charge on any atom is 0.303 e. The van der Waals surface area contributed by atoms with Crippen LogP contribution in [0.3, 0.4) is 0 Å². The minimum atomic E-state index is -0.714. The molecule has 0 saturated carbocycles. The first-order chi connectivity index (χ1) is 18.0. The van der Waals surface area contributed by atoms with Gasteiger partial charge in [0.2, 0.25) is 0 Å². The molecule has 0 aliphatic heterocycles. The van der Waals surface area contributed by atoms with Crippen molar-refractivity contribution >= 4 is 17.3 Å². The molecule has 0 aliphatic carbocycles. The molecule has 1 N–H and O–H groups in total. The van der Waals surface area contributed by atoms with Gasteiger partial charge in [-0.15, -0.1) is 0 Å². The quantitative estimate of drug-likeness (QED) is 0.192. The number of carboxylic acid groups (broad SMARTS) is 1. The zero-order chi connectivity index (χ0) is 26.5. The summed E-state index contributed by atoms with van der Waals surface area (Å²) in [6.45, 7) is 15.9. The van der Waals surface area contributed by atoms with Crippen LogP contribution < -0.4 is 0 Å². The van der Waals surface area contributed by atoms with Gasteiger partial charge in [0.25, 0.3) is 0 Å². The summed E-state index contributed by atoms with van der Waals surface area (Å²) in [6, 6.07) is 32.1. The van der Waals surface area contributed by atoms with Crippen molar-refractivity contribution < 1.29 is 9.90 Å². The molecular weight excluding hydrogens is 468 g/mol. The van der Waals surface area contributed by atoms with Crippen molar-refractivity contribution in [1.82, 2.24) is 0 Å². The Morgan fingerprint density at radius 2 is 1.03 bits per heavy atom. The molecule has 4 aromatic carbocycles. The number of hydrogen-bond acceptors (Lipinski definition) is 1. The van der Waals surface area contributed by atoms with E-state index in [4.69, 9.17) is 18.3 Å². The molecule has 38 heavy (non-hydrogen) atoms. The van der Waals surface area contributed by atoms with Crippen LogP contribution >= 0.6 is 0 Å². The standard InChI is InChI=1S/C19H19NO2.C14H11N.CH4/c1-20-18-13-11-17(12-14-18)16-9-7-15(8-10-16)5-3-2-4-6-19(21)22;1-11-3-5-12(6-4-11)13-7-9-14(15-2)10-8-13;/h7-14H,2-6H2,(H,21,22);3-10H,1H3;1H4. The van der Waals surface area contributed by atoms with Crippen LogP contribution in [0.4, 0.5) is 11.4 Å². The van der Waals surface area contributed by atoms with Gasteiger partial charge in [-0.1, -0.05) is 116 Å². The highest BCUT2D eigenvalue weighted by molar-refractivity contribution is 5.67. The first-order valence-electron chi connectivity index (χ1n) is 12.3. The van der Waals surface area contributed by atoms with Crippen LogP contribution in [0.1, 0.15) is 44.2 Å². The summed E-state index contributed by atoms with van der Waals surface area (Å²) in [5.74, 6) is -0.714. The smallest absolute Gasteiger partial charge is 0.303 e. The van der Waals surface area contributed by atoms with Crippen LogP contribution in [0.25, 0.3) is 31.9 Å². The van der Waals surface area contributed by atoms with Crippen molar-refractivity contribution in [3.8, 4) is 22.3 Å². The summed E-state index contributed by atoms with van der Waals surface area (Å²) >= 11 is 0. The summed E-state index contributed by atoms with van der Waals surface area (Å²) < 4.78 is 0. The predicted octanol–water partition coefficient (Wildman–Crippen LogP) is 9.94. The fraction of sp³-hybridized carbons (Fsp3) is 0.206. The SMILES string of the molecule is C.[C-]#[N+]c1ccc(-c2ccc(C)cc2)cc1.[C-]#[N+]c1ccc(-c2ccc(CCCCCC(=O)O)cc2)cc1. The van der Waals surface area contributed by atoms with E-state index in [1.165, 1.54) is 16.7 Å². The monoisotopic (exact) mass is 502 g/mol. The molecule has 0 bridgehead atoms. The highest BCUT2D eigenvalue weighted by atomic mass is 16.4. The summed E-state index contributed by atoms with van der Waals surface area (Å²) in [6.07, 6.45) is 3.97. The van der Waals surface area contributed by atoms with E-state index < -0.39 is 5.97 Å². The van der Waals surface area contributed by atoms with Gasteiger partial charge in [-0.2, -0.15) is 0 Å². The second-order valence-corrected chi connectivity index (χ2v) is 8.83. The van der Waals surface area contributed by atoms with E-state index in [0.717, 1.165) is 42.4 Å². The number of rotatable bonds is 8. The maximum absolute atomic E-state index is 10.4. The van der Waals surface area contributed by atoms with E-state index in [1.807, 2.05) is 48.5 Å². The van der Waals surface area contributed by atoms with Crippen LogP contribution in [0.15, 0.2) is 97.1 Å². The van der Waals surface area contributed by atoms with E-state index in [9.17, 15) is 4.79 Å². The Labute approximate surface area is 226 Å². The van der Waals surface area contributed by atoms with Gasteiger partial charge in [-0.05, 0) is 54.0 Å². The Hall–Kier alpha value is -4.67. The molecule has 4 nitrogen and oxygen atoms in total. The molecule has 0 fully saturated rings.